The quantitative estimate of drug-likeness (QED) is 0.868. The number of pyridine rings is 1. The van der Waals surface area contributed by atoms with Gasteiger partial charge in [-0.25, -0.2) is 4.39 Å². The second-order valence-corrected chi connectivity index (χ2v) is 3.74. The molecule has 92 valence electrons. The second kappa shape index (κ2) is 5.27. The number of nitrogens with one attached hydrogen (secondary N) is 1. The van der Waals surface area contributed by atoms with E-state index in [1.54, 1.807) is 12.1 Å². The van der Waals surface area contributed by atoms with E-state index in [0.29, 0.717) is 0 Å². The number of hydrogen-bond donors (Lipinski definition) is 2. The number of benzene rings is 1. The molecule has 2 aromatic rings. The summed E-state index contributed by atoms with van der Waals surface area (Å²) in [7, 11) is 0. The van der Waals surface area contributed by atoms with Crippen LogP contribution >= 0.6 is 0 Å². The maximum absolute atomic E-state index is 12.7. The number of hydrogen-bond acceptors (Lipinski definition) is 3. The van der Waals surface area contributed by atoms with Gasteiger partial charge in [0.2, 0.25) is 0 Å². The number of nitrogens with zero attached hydrogens (tertiary/aromatic N) is 1. The summed E-state index contributed by atoms with van der Waals surface area (Å²) in [6.07, 6.45) is 2.61. The maximum Gasteiger partial charge on any atom is 0.253 e. The topological polar surface area (TPSA) is 62.2 Å². The third-order valence-electron chi connectivity index (χ3n) is 2.35. The van der Waals surface area contributed by atoms with Gasteiger partial charge in [0.05, 0.1) is 11.8 Å². The first-order chi connectivity index (χ1) is 8.65. The van der Waals surface area contributed by atoms with Crippen LogP contribution in [0.4, 0.5) is 4.39 Å². The van der Waals surface area contributed by atoms with Crippen LogP contribution in [0.25, 0.3) is 0 Å². The normalized spacial score (nSPS) is 10.1. The van der Waals surface area contributed by atoms with Crippen molar-refractivity contribution in [3.63, 3.8) is 0 Å². The molecular weight excluding hydrogens is 235 g/mol. The Labute approximate surface area is 103 Å². The standard InChI is InChI=1S/C13H11FN2O2/c14-11-3-1-9(2-4-11)6-16-13(18)10-5-12(17)8-15-7-10/h1-5,7-8,17H,6H2,(H,16,18). The van der Waals surface area contributed by atoms with E-state index in [0.717, 1.165) is 5.56 Å². The van der Waals surface area contributed by atoms with Crippen LogP contribution < -0.4 is 5.32 Å². The summed E-state index contributed by atoms with van der Waals surface area (Å²) in [5, 5.41) is 11.8. The highest BCUT2D eigenvalue weighted by atomic mass is 19.1. The molecule has 18 heavy (non-hydrogen) atoms. The zero-order valence-electron chi connectivity index (χ0n) is 9.43. The number of amides is 1. The molecular formula is C13H11FN2O2. The molecule has 1 aromatic heterocycles. The van der Waals surface area contributed by atoms with Crippen molar-refractivity contribution in [1.29, 1.82) is 0 Å². The predicted octanol–water partition coefficient (Wildman–Crippen LogP) is 1.86. The van der Waals surface area contributed by atoms with E-state index in [9.17, 15) is 14.3 Å². The van der Waals surface area contributed by atoms with E-state index >= 15 is 0 Å². The van der Waals surface area contributed by atoms with E-state index in [1.807, 2.05) is 0 Å². The van der Waals surface area contributed by atoms with Crippen LogP contribution in [0.5, 0.6) is 5.75 Å². The minimum Gasteiger partial charge on any atom is -0.506 e. The highest BCUT2D eigenvalue weighted by Gasteiger charge is 2.06. The molecule has 0 fully saturated rings. The Morgan fingerprint density at radius 2 is 2.00 bits per heavy atom. The van der Waals surface area contributed by atoms with Crippen LogP contribution in [-0.4, -0.2) is 16.0 Å². The summed E-state index contributed by atoms with van der Waals surface area (Å²) in [5.74, 6) is -0.727. The zero-order valence-corrected chi connectivity index (χ0v) is 9.43. The minimum atomic E-state index is -0.345. The van der Waals surface area contributed by atoms with Gasteiger partial charge >= 0.3 is 0 Å². The molecule has 0 unspecified atom stereocenters. The van der Waals surface area contributed by atoms with Crippen LogP contribution in [0.15, 0.2) is 42.7 Å². The summed E-state index contributed by atoms with van der Waals surface area (Å²) < 4.78 is 12.7. The van der Waals surface area contributed by atoms with Crippen molar-refractivity contribution < 1.29 is 14.3 Å². The van der Waals surface area contributed by atoms with Gasteiger partial charge in [0.25, 0.3) is 5.91 Å². The average Bonchev–Trinajstić information content (AvgIpc) is 2.38. The molecule has 0 spiro atoms. The van der Waals surface area contributed by atoms with Gasteiger partial charge in [-0.15, -0.1) is 0 Å². The van der Waals surface area contributed by atoms with E-state index < -0.39 is 0 Å². The fraction of sp³-hybridized carbons (Fsp3) is 0.0769. The summed E-state index contributed by atoms with van der Waals surface area (Å²) in [6, 6.07) is 7.18. The first-order valence-electron chi connectivity index (χ1n) is 5.32. The SMILES string of the molecule is O=C(NCc1ccc(F)cc1)c1cncc(O)c1. The van der Waals surface area contributed by atoms with Gasteiger partial charge in [0, 0.05) is 12.7 Å². The van der Waals surface area contributed by atoms with Gasteiger partial charge in [-0.3, -0.25) is 9.78 Å². The number of aromatic nitrogens is 1. The Morgan fingerprint density at radius 1 is 1.28 bits per heavy atom. The summed E-state index contributed by atoms with van der Waals surface area (Å²) in [4.78, 5) is 15.4. The van der Waals surface area contributed by atoms with Crippen molar-refractivity contribution in [1.82, 2.24) is 10.3 Å². The first-order valence-corrected chi connectivity index (χ1v) is 5.32. The van der Waals surface area contributed by atoms with E-state index in [4.69, 9.17) is 0 Å². The third kappa shape index (κ3) is 3.04. The Kier molecular flexibility index (Phi) is 3.52. The van der Waals surface area contributed by atoms with Crippen molar-refractivity contribution in [3.05, 3.63) is 59.7 Å². The molecule has 0 aliphatic carbocycles. The van der Waals surface area contributed by atoms with Gasteiger partial charge in [-0.05, 0) is 23.8 Å². The highest BCUT2D eigenvalue weighted by molar-refractivity contribution is 5.94. The Bertz CT molecular complexity index is 555. The Balaban J connectivity index is 1.98. The average molecular weight is 246 g/mol. The molecule has 0 atom stereocenters. The van der Waals surface area contributed by atoms with Gasteiger partial charge < -0.3 is 10.4 Å². The molecule has 1 amide bonds. The maximum atomic E-state index is 12.7. The lowest BCUT2D eigenvalue weighted by atomic mass is 10.2. The highest BCUT2D eigenvalue weighted by Crippen LogP contribution is 2.08. The van der Waals surface area contributed by atoms with Crippen molar-refractivity contribution >= 4 is 5.91 Å². The Morgan fingerprint density at radius 3 is 2.67 bits per heavy atom. The monoisotopic (exact) mass is 246 g/mol. The van der Waals surface area contributed by atoms with Crippen molar-refractivity contribution in [2.75, 3.05) is 0 Å². The molecule has 0 saturated carbocycles. The first kappa shape index (κ1) is 12.0. The molecule has 0 saturated heterocycles. The number of carbonyl (C=O) groups excluding carboxylic acids is 1. The molecule has 1 heterocycles. The molecule has 0 bridgehead atoms. The van der Waals surface area contributed by atoms with E-state index in [-0.39, 0.29) is 29.6 Å². The lowest BCUT2D eigenvalue weighted by Crippen LogP contribution is -2.22. The minimum absolute atomic E-state index is 0.0653. The molecule has 1 aromatic carbocycles. The number of rotatable bonds is 3. The summed E-state index contributed by atoms with van der Waals surface area (Å²) >= 11 is 0. The summed E-state index contributed by atoms with van der Waals surface area (Å²) in [5.41, 5.74) is 1.06. The fourth-order valence-corrected chi connectivity index (χ4v) is 1.44. The smallest absolute Gasteiger partial charge is 0.253 e. The van der Waals surface area contributed by atoms with E-state index in [1.165, 1.54) is 30.6 Å². The van der Waals surface area contributed by atoms with Gasteiger partial charge in [0.15, 0.2) is 0 Å². The van der Waals surface area contributed by atoms with E-state index in [2.05, 4.69) is 10.3 Å². The lowest BCUT2D eigenvalue weighted by molar-refractivity contribution is 0.0950. The molecule has 0 radical (unpaired) electrons. The second-order valence-electron chi connectivity index (χ2n) is 3.74. The van der Waals surface area contributed by atoms with Gasteiger partial charge in [0.1, 0.15) is 11.6 Å². The van der Waals surface area contributed by atoms with Crippen LogP contribution in [0.3, 0.4) is 0 Å². The zero-order chi connectivity index (χ0) is 13.0. The van der Waals surface area contributed by atoms with Crippen LogP contribution in [0, 0.1) is 5.82 Å². The number of aromatic hydroxyl groups is 1. The fourth-order valence-electron chi connectivity index (χ4n) is 1.44. The third-order valence-corrected chi connectivity index (χ3v) is 2.35. The van der Waals surface area contributed by atoms with Crippen LogP contribution in [-0.2, 0) is 6.54 Å². The molecule has 4 nitrogen and oxygen atoms in total. The summed E-state index contributed by atoms with van der Waals surface area (Å²) in [6.45, 7) is 0.286. The van der Waals surface area contributed by atoms with Crippen molar-refractivity contribution in [2.24, 2.45) is 0 Å². The largest absolute Gasteiger partial charge is 0.506 e. The van der Waals surface area contributed by atoms with Gasteiger partial charge in [-0.1, -0.05) is 12.1 Å². The lowest BCUT2D eigenvalue weighted by Gasteiger charge is -2.05. The molecule has 5 heteroatoms. The van der Waals surface area contributed by atoms with Crippen molar-refractivity contribution in [2.45, 2.75) is 6.54 Å². The van der Waals surface area contributed by atoms with Crippen molar-refractivity contribution in [3.8, 4) is 5.75 Å². The van der Waals surface area contributed by atoms with Gasteiger partial charge in [-0.2, -0.15) is 0 Å². The Hall–Kier alpha value is -2.43. The predicted molar refractivity (Wildman–Crippen MR) is 63.5 cm³/mol. The number of carbonyl (C=O) groups is 1. The number of halogens is 1. The molecule has 2 N–H and O–H groups in total. The molecule has 0 aliphatic rings. The van der Waals surface area contributed by atoms with Crippen LogP contribution in [0.1, 0.15) is 15.9 Å². The van der Waals surface area contributed by atoms with Crippen LogP contribution in [0.2, 0.25) is 0 Å². The molecule has 0 aliphatic heterocycles. The molecule has 2 rings (SSSR count).